The number of imidazole rings is 1. The smallest absolute Gasteiger partial charge is 0.245 e. The summed E-state index contributed by atoms with van der Waals surface area (Å²) in [6.07, 6.45) is 1.31. The number of aliphatic hydroxyl groups excluding tert-OH is 1. The van der Waals surface area contributed by atoms with Crippen LogP contribution in [0, 0.1) is 11.6 Å². The normalized spacial score (nSPS) is 13.1. The number of aryl methyl sites for hydroxylation is 2. The standard InChI is InChI=1S/C20H18F2N4O3S/c1-25-10-9-12-5-3-8-16(18(12)25)30(28,29)24-20(27)15-11-26(2)19(23-15)17-13(21)6-4-7-14(17)22/h3-11,20,24,27H,1-2H3. The summed E-state index contributed by atoms with van der Waals surface area (Å²) in [5.74, 6) is -1.72. The zero-order valence-corrected chi connectivity index (χ0v) is 16.9. The molecule has 7 nitrogen and oxygen atoms in total. The van der Waals surface area contributed by atoms with Crippen molar-refractivity contribution in [3.8, 4) is 11.4 Å². The number of nitrogens with zero attached hydrogens (tertiary/aromatic N) is 3. The van der Waals surface area contributed by atoms with Gasteiger partial charge in [0.05, 0.1) is 11.1 Å². The van der Waals surface area contributed by atoms with Crippen molar-refractivity contribution >= 4 is 20.9 Å². The van der Waals surface area contributed by atoms with E-state index in [4.69, 9.17) is 0 Å². The molecular formula is C20H18F2N4O3S. The topological polar surface area (TPSA) is 89.1 Å². The Morgan fingerprint density at radius 2 is 1.70 bits per heavy atom. The van der Waals surface area contributed by atoms with E-state index in [2.05, 4.69) is 9.71 Å². The van der Waals surface area contributed by atoms with Gasteiger partial charge >= 0.3 is 0 Å². The van der Waals surface area contributed by atoms with E-state index in [1.165, 1.54) is 29.9 Å². The predicted octanol–water partition coefficient (Wildman–Crippen LogP) is 2.83. The summed E-state index contributed by atoms with van der Waals surface area (Å²) in [6.45, 7) is 0. The summed E-state index contributed by atoms with van der Waals surface area (Å²) < 4.78 is 59.2. The lowest BCUT2D eigenvalue weighted by atomic mass is 10.2. The van der Waals surface area contributed by atoms with Gasteiger partial charge in [-0.05, 0) is 24.3 Å². The number of sulfonamides is 1. The van der Waals surface area contributed by atoms with E-state index in [1.54, 1.807) is 36.0 Å². The molecule has 0 saturated carbocycles. The number of para-hydroxylation sites is 1. The fourth-order valence-electron chi connectivity index (χ4n) is 3.37. The van der Waals surface area contributed by atoms with Crippen molar-refractivity contribution in [1.82, 2.24) is 18.8 Å². The SMILES string of the molecule is Cn1cc(C(O)NS(=O)(=O)c2cccc3ccn(C)c23)nc1-c1c(F)cccc1F. The monoisotopic (exact) mass is 432 g/mol. The highest BCUT2D eigenvalue weighted by atomic mass is 32.2. The Kier molecular flexibility index (Phi) is 4.92. The quantitative estimate of drug-likeness (QED) is 0.475. The van der Waals surface area contributed by atoms with Gasteiger partial charge < -0.3 is 14.2 Å². The Balaban J connectivity index is 1.69. The Hall–Kier alpha value is -3.08. The zero-order chi connectivity index (χ0) is 21.6. The molecule has 0 fully saturated rings. The molecule has 0 aliphatic rings. The third-order valence-corrected chi connectivity index (χ3v) is 6.22. The maximum absolute atomic E-state index is 14.1. The molecule has 0 spiro atoms. The molecule has 0 aliphatic carbocycles. The molecule has 156 valence electrons. The van der Waals surface area contributed by atoms with E-state index in [1.807, 2.05) is 0 Å². The molecule has 1 atom stereocenters. The highest BCUT2D eigenvalue weighted by molar-refractivity contribution is 7.89. The van der Waals surface area contributed by atoms with Crippen molar-refractivity contribution in [3.05, 3.63) is 72.2 Å². The van der Waals surface area contributed by atoms with E-state index < -0.39 is 27.9 Å². The predicted molar refractivity (Wildman–Crippen MR) is 107 cm³/mol. The van der Waals surface area contributed by atoms with Crippen LogP contribution < -0.4 is 4.72 Å². The van der Waals surface area contributed by atoms with Crippen LogP contribution in [0.5, 0.6) is 0 Å². The van der Waals surface area contributed by atoms with Crippen LogP contribution >= 0.6 is 0 Å². The molecule has 0 radical (unpaired) electrons. The second-order valence-corrected chi connectivity index (χ2v) is 8.52. The van der Waals surface area contributed by atoms with Crippen LogP contribution in [0.2, 0.25) is 0 Å². The summed E-state index contributed by atoms with van der Waals surface area (Å²) in [5.41, 5.74) is 0.0139. The van der Waals surface area contributed by atoms with Gasteiger partial charge in [0, 0.05) is 31.9 Å². The van der Waals surface area contributed by atoms with E-state index in [0.29, 0.717) is 5.52 Å². The summed E-state index contributed by atoms with van der Waals surface area (Å²) in [5, 5.41) is 11.2. The highest BCUT2D eigenvalue weighted by Gasteiger charge is 2.26. The van der Waals surface area contributed by atoms with E-state index in [-0.39, 0.29) is 22.0 Å². The highest BCUT2D eigenvalue weighted by Crippen LogP contribution is 2.28. The van der Waals surface area contributed by atoms with Crippen LogP contribution in [0.1, 0.15) is 11.9 Å². The van der Waals surface area contributed by atoms with Crippen LogP contribution in [0.25, 0.3) is 22.3 Å². The fourth-order valence-corrected chi connectivity index (χ4v) is 4.69. The molecule has 0 aliphatic heterocycles. The summed E-state index contributed by atoms with van der Waals surface area (Å²) in [7, 11) is -0.926. The largest absolute Gasteiger partial charge is 0.372 e. The van der Waals surface area contributed by atoms with Crippen LogP contribution in [0.4, 0.5) is 8.78 Å². The number of aromatic nitrogens is 3. The molecule has 2 aromatic carbocycles. The summed E-state index contributed by atoms with van der Waals surface area (Å²) in [6, 6.07) is 9.99. The Morgan fingerprint density at radius 3 is 2.40 bits per heavy atom. The molecular weight excluding hydrogens is 414 g/mol. The minimum Gasteiger partial charge on any atom is -0.372 e. The number of hydrogen-bond acceptors (Lipinski definition) is 4. The first kappa shape index (κ1) is 20.2. The van der Waals surface area contributed by atoms with E-state index in [9.17, 15) is 22.3 Å². The maximum Gasteiger partial charge on any atom is 0.245 e. The second-order valence-electron chi connectivity index (χ2n) is 6.84. The van der Waals surface area contributed by atoms with Gasteiger partial charge in [-0.1, -0.05) is 18.2 Å². The molecule has 0 bridgehead atoms. The van der Waals surface area contributed by atoms with Crippen molar-refractivity contribution in [2.45, 2.75) is 11.1 Å². The van der Waals surface area contributed by atoms with Crippen LogP contribution in [0.15, 0.2) is 59.8 Å². The van der Waals surface area contributed by atoms with Crippen molar-refractivity contribution < 1.29 is 22.3 Å². The number of rotatable bonds is 5. The number of hydrogen-bond donors (Lipinski definition) is 2. The van der Waals surface area contributed by atoms with Crippen molar-refractivity contribution in [1.29, 1.82) is 0 Å². The van der Waals surface area contributed by atoms with Gasteiger partial charge in [-0.2, -0.15) is 4.72 Å². The lowest BCUT2D eigenvalue weighted by Crippen LogP contribution is -2.29. The molecule has 0 amide bonds. The Bertz CT molecular complexity index is 1340. The molecule has 2 N–H and O–H groups in total. The number of benzene rings is 2. The van der Waals surface area contributed by atoms with Crippen LogP contribution in [0.3, 0.4) is 0 Å². The van der Waals surface area contributed by atoms with Gasteiger partial charge in [0.2, 0.25) is 10.0 Å². The third kappa shape index (κ3) is 3.38. The van der Waals surface area contributed by atoms with Crippen molar-refractivity contribution in [2.75, 3.05) is 0 Å². The Morgan fingerprint density at radius 1 is 1.03 bits per heavy atom. The number of fused-ring (bicyclic) bond motifs is 1. The van der Waals surface area contributed by atoms with E-state index in [0.717, 1.165) is 17.5 Å². The third-order valence-electron chi connectivity index (χ3n) is 4.78. The molecule has 4 rings (SSSR count). The number of halogens is 2. The molecule has 10 heteroatoms. The van der Waals surface area contributed by atoms with Gasteiger partial charge in [0.25, 0.3) is 0 Å². The van der Waals surface area contributed by atoms with Crippen molar-refractivity contribution in [3.63, 3.8) is 0 Å². The molecule has 0 saturated heterocycles. The van der Waals surface area contributed by atoms with Gasteiger partial charge in [0.15, 0.2) is 6.23 Å². The second kappa shape index (κ2) is 7.31. The van der Waals surface area contributed by atoms with Gasteiger partial charge in [0.1, 0.15) is 28.0 Å². The maximum atomic E-state index is 14.1. The van der Waals surface area contributed by atoms with Gasteiger partial charge in [-0.25, -0.2) is 22.2 Å². The minimum absolute atomic E-state index is 0.0112. The molecule has 2 aromatic heterocycles. The summed E-state index contributed by atoms with van der Waals surface area (Å²) >= 11 is 0. The van der Waals surface area contributed by atoms with E-state index >= 15 is 0 Å². The first-order chi connectivity index (χ1) is 14.2. The molecule has 1 unspecified atom stereocenters. The first-order valence-electron chi connectivity index (χ1n) is 8.91. The molecule has 30 heavy (non-hydrogen) atoms. The average molecular weight is 432 g/mol. The lowest BCUT2D eigenvalue weighted by molar-refractivity contribution is 0.162. The number of nitrogens with one attached hydrogen (secondary N) is 1. The molecule has 4 aromatic rings. The first-order valence-corrected chi connectivity index (χ1v) is 10.4. The van der Waals surface area contributed by atoms with Crippen molar-refractivity contribution in [2.24, 2.45) is 14.1 Å². The Labute approximate surface area is 171 Å². The molecule has 2 heterocycles. The minimum atomic E-state index is -4.13. The zero-order valence-electron chi connectivity index (χ0n) is 16.0. The van der Waals surface area contributed by atoms with Crippen LogP contribution in [-0.2, 0) is 24.1 Å². The van der Waals surface area contributed by atoms with Gasteiger partial charge in [-0.3, -0.25) is 0 Å². The average Bonchev–Trinajstić information content (AvgIpc) is 3.25. The van der Waals surface area contributed by atoms with Crippen LogP contribution in [-0.4, -0.2) is 27.6 Å². The fraction of sp³-hybridized carbons (Fsp3) is 0.150. The summed E-state index contributed by atoms with van der Waals surface area (Å²) in [4.78, 5) is 4.04. The van der Waals surface area contributed by atoms with Gasteiger partial charge in [-0.15, -0.1) is 0 Å². The number of aliphatic hydroxyl groups is 1. The lowest BCUT2D eigenvalue weighted by Gasteiger charge is -2.13.